The van der Waals surface area contributed by atoms with Crippen molar-refractivity contribution in [3.63, 3.8) is 0 Å². The van der Waals surface area contributed by atoms with Crippen LogP contribution in [0, 0.1) is 13.8 Å². The lowest BCUT2D eigenvalue weighted by Crippen LogP contribution is -3.00. The molecule has 2 aromatic rings. The molecule has 0 aliphatic heterocycles. The normalized spacial score (nSPS) is 8.75. The summed E-state index contributed by atoms with van der Waals surface area (Å²) in [5.74, 6) is 0. The monoisotopic (exact) mass is 288 g/mol. The van der Waals surface area contributed by atoms with Crippen LogP contribution in [0.1, 0.15) is 22.5 Å². The summed E-state index contributed by atoms with van der Waals surface area (Å²) < 4.78 is 2.08. The first-order chi connectivity index (χ1) is 9.06. The SMILES string of the molecule is C=Cc1ccc(C)[n+](C)c1.C=Cc1ccc(C)nc1.[Cl-]. The third-order valence-corrected chi connectivity index (χ3v) is 2.82. The molecule has 0 amide bonds. The molecule has 0 saturated carbocycles. The summed E-state index contributed by atoms with van der Waals surface area (Å²) >= 11 is 0. The van der Waals surface area contributed by atoms with Crippen molar-refractivity contribution in [1.82, 2.24) is 4.98 Å². The molecule has 3 heteroatoms. The Kier molecular flexibility index (Phi) is 8.18. The van der Waals surface area contributed by atoms with Gasteiger partial charge < -0.3 is 12.4 Å². The molecule has 0 unspecified atom stereocenters. The summed E-state index contributed by atoms with van der Waals surface area (Å²) in [7, 11) is 2.03. The Morgan fingerprint density at radius 3 is 2.05 bits per heavy atom. The molecule has 2 rings (SSSR count). The summed E-state index contributed by atoms with van der Waals surface area (Å²) in [4.78, 5) is 4.08. The van der Waals surface area contributed by atoms with Crippen LogP contribution in [0.4, 0.5) is 0 Å². The maximum absolute atomic E-state index is 4.08. The fourth-order valence-corrected chi connectivity index (χ4v) is 1.42. The minimum Gasteiger partial charge on any atom is -1.00 e. The van der Waals surface area contributed by atoms with Crippen LogP contribution in [0.25, 0.3) is 12.2 Å². The number of nitrogens with zero attached hydrogens (tertiary/aromatic N) is 2. The maximum Gasteiger partial charge on any atom is 0.177 e. The highest BCUT2D eigenvalue weighted by molar-refractivity contribution is 5.44. The fourth-order valence-electron chi connectivity index (χ4n) is 1.42. The molecule has 0 aliphatic rings. The Hall–Kier alpha value is -1.93. The van der Waals surface area contributed by atoms with Crippen molar-refractivity contribution in [3.05, 3.63) is 72.3 Å². The van der Waals surface area contributed by atoms with Gasteiger partial charge >= 0.3 is 0 Å². The molecule has 2 aromatic heterocycles. The number of halogens is 1. The number of aryl methyl sites for hydroxylation is 3. The second-order valence-corrected chi connectivity index (χ2v) is 4.36. The number of hydrogen-bond donors (Lipinski definition) is 0. The van der Waals surface area contributed by atoms with Crippen LogP contribution in [-0.4, -0.2) is 4.98 Å². The van der Waals surface area contributed by atoms with Gasteiger partial charge in [0.05, 0.1) is 0 Å². The van der Waals surface area contributed by atoms with Crippen molar-refractivity contribution in [2.45, 2.75) is 13.8 Å². The molecular formula is C17H21ClN2. The average Bonchev–Trinajstić information content (AvgIpc) is 2.43. The summed E-state index contributed by atoms with van der Waals surface area (Å²) in [6, 6.07) is 8.10. The standard InChI is InChI=1S/C9H12N.C8H9N.ClH/c1-4-9-6-5-8(2)10(3)7-9;1-3-8-5-4-7(2)9-6-8;/h4-7H,1H2,2-3H3;3-6H,1H2,2H3;1H/q+1;;/p-1. The van der Waals surface area contributed by atoms with Gasteiger partial charge in [-0.2, -0.15) is 0 Å². The average molecular weight is 289 g/mol. The first-order valence-electron chi connectivity index (χ1n) is 6.20. The molecule has 2 nitrogen and oxygen atoms in total. The Morgan fingerprint density at radius 2 is 1.60 bits per heavy atom. The van der Waals surface area contributed by atoms with E-state index in [4.69, 9.17) is 0 Å². The lowest BCUT2D eigenvalue weighted by atomic mass is 10.2. The smallest absolute Gasteiger partial charge is 0.177 e. The van der Waals surface area contributed by atoms with E-state index in [1.807, 2.05) is 38.4 Å². The maximum atomic E-state index is 4.08. The molecule has 0 radical (unpaired) electrons. The van der Waals surface area contributed by atoms with Gasteiger partial charge in [-0.15, -0.1) is 0 Å². The zero-order chi connectivity index (χ0) is 14.3. The molecule has 0 aliphatic carbocycles. The van der Waals surface area contributed by atoms with Crippen molar-refractivity contribution >= 4 is 12.2 Å². The highest BCUT2D eigenvalue weighted by Gasteiger charge is 1.98. The number of rotatable bonds is 2. The molecule has 0 spiro atoms. The number of aromatic nitrogens is 2. The van der Waals surface area contributed by atoms with Crippen LogP contribution in [0.5, 0.6) is 0 Å². The minimum atomic E-state index is 0. The minimum absolute atomic E-state index is 0. The number of pyridine rings is 2. The van der Waals surface area contributed by atoms with Gasteiger partial charge in [0.2, 0.25) is 0 Å². The highest BCUT2D eigenvalue weighted by Crippen LogP contribution is 1.99. The molecule has 0 aromatic carbocycles. The molecule has 20 heavy (non-hydrogen) atoms. The lowest BCUT2D eigenvalue weighted by molar-refractivity contribution is -0.677. The Bertz CT molecular complexity index is 560. The third kappa shape index (κ3) is 5.81. The van der Waals surface area contributed by atoms with Gasteiger partial charge in [-0.1, -0.05) is 31.4 Å². The Labute approximate surface area is 127 Å². The molecule has 0 saturated heterocycles. The zero-order valence-electron chi connectivity index (χ0n) is 12.3. The summed E-state index contributed by atoms with van der Waals surface area (Å²) in [6.07, 6.45) is 7.50. The molecular weight excluding hydrogens is 268 g/mol. The van der Waals surface area contributed by atoms with Crippen molar-refractivity contribution in [2.24, 2.45) is 7.05 Å². The van der Waals surface area contributed by atoms with Crippen molar-refractivity contribution in [1.29, 1.82) is 0 Å². The van der Waals surface area contributed by atoms with Gasteiger partial charge in [0.1, 0.15) is 7.05 Å². The van der Waals surface area contributed by atoms with Crippen LogP contribution < -0.4 is 17.0 Å². The lowest BCUT2D eigenvalue weighted by Gasteiger charge is -1.93. The Balaban J connectivity index is 0.000000345. The van der Waals surface area contributed by atoms with E-state index in [9.17, 15) is 0 Å². The van der Waals surface area contributed by atoms with Gasteiger partial charge in [0.15, 0.2) is 11.9 Å². The van der Waals surface area contributed by atoms with Gasteiger partial charge in [0.25, 0.3) is 0 Å². The number of hydrogen-bond acceptors (Lipinski definition) is 1. The topological polar surface area (TPSA) is 16.8 Å². The van der Waals surface area contributed by atoms with E-state index < -0.39 is 0 Å². The zero-order valence-corrected chi connectivity index (χ0v) is 13.1. The molecule has 0 atom stereocenters. The largest absolute Gasteiger partial charge is 1.00 e. The first kappa shape index (κ1) is 18.1. The van der Waals surface area contributed by atoms with Gasteiger partial charge in [-0.3, -0.25) is 4.98 Å². The van der Waals surface area contributed by atoms with Crippen molar-refractivity contribution in [3.8, 4) is 0 Å². The van der Waals surface area contributed by atoms with E-state index in [2.05, 4.69) is 48.0 Å². The summed E-state index contributed by atoms with van der Waals surface area (Å²) in [5.41, 5.74) is 4.53. The molecule has 0 fully saturated rings. The second-order valence-electron chi connectivity index (χ2n) is 4.36. The van der Waals surface area contributed by atoms with Crippen LogP contribution >= 0.6 is 0 Å². The van der Waals surface area contributed by atoms with Gasteiger partial charge in [-0.25, -0.2) is 4.57 Å². The quantitative estimate of drug-likeness (QED) is 0.736. The first-order valence-corrected chi connectivity index (χ1v) is 6.20. The van der Waals surface area contributed by atoms with Crippen molar-refractivity contribution < 1.29 is 17.0 Å². The fraction of sp³-hybridized carbons (Fsp3) is 0.176. The van der Waals surface area contributed by atoms with E-state index in [-0.39, 0.29) is 12.4 Å². The summed E-state index contributed by atoms with van der Waals surface area (Å²) in [5, 5.41) is 0. The van der Waals surface area contributed by atoms with Crippen LogP contribution in [-0.2, 0) is 7.05 Å². The van der Waals surface area contributed by atoms with Gasteiger partial charge in [-0.05, 0) is 24.6 Å². The highest BCUT2D eigenvalue weighted by atomic mass is 35.5. The Morgan fingerprint density at radius 1 is 1.00 bits per heavy atom. The van der Waals surface area contributed by atoms with E-state index in [1.165, 1.54) is 5.69 Å². The predicted molar refractivity (Wildman–Crippen MR) is 81.5 cm³/mol. The van der Waals surface area contributed by atoms with E-state index in [1.54, 1.807) is 6.08 Å². The molecule has 106 valence electrons. The van der Waals surface area contributed by atoms with E-state index in [0.717, 1.165) is 16.8 Å². The third-order valence-electron chi connectivity index (χ3n) is 2.82. The van der Waals surface area contributed by atoms with Crippen LogP contribution in [0.3, 0.4) is 0 Å². The van der Waals surface area contributed by atoms with Crippen LogP contribution in [0.15, 0.2) is 49.8 Å². The van der Waals surface area contributed by atoms with E-state index >= 15 is 0 Å². The van der Waals surface area contributed by atoms with Gasteiger partial charge in [0, 0.05) is 30.4 Å². The van der Waals surface area contributed by atoms with Crippen LogP contribution in [0.2, 0.25) is 0 Å². The molecule has 0 N–H and O–H groups in total. The summed E-state index contributed by atoms with van der Waals surface area (Å²) in [6.45, 7) is 11.4. The van der Waals surface area contributed by atoms with E-state index in [0.29, 0.717) is 0 Å². The molecule has 0 bridgehead atoms. The van der Waals surface area contributed by atoms with Crippen molar-refractivity contribution in [2.75, 3.05) is 0 Å². The molecule has 2 heterocycles. The second kappa shape index (κ2) is 9.05. The predicted octanol–water partition coefficient (Wildman–Crippen LogP) is 0.500.